The van der Waals surface area contributed by atoms with Crippen LogP contribution in [0.1, 0.15) is 12.8 Å². The van der Waals surface area contributed by atoms with Gasteiger partial charge in [-0.1, -0.05) is 11.6 Å². The molecule has 0 spiro atoms. The number of aromatic nitrogens is 5. The van der Waals surface area contributed by atoms with E-state index in [1.165, 1.54) is 25.0 Å². The Morgan fingerprint density at radius 1 is 0.919 bits per heavy atom. The Balaban J connectivity index is 1.40. The van der Waals surface area contributed by atoms with Gasteiger partial charge in [0, 0.05) is 57.8 Å². The Kier molecular flexibility index (Phi) is 6.28. The molecule has 1 aliphatic heterocycles. The first-order valence-corrected chi connectivity index (χ1v) is 12.7. The molecule has 0 unspecified atom stereocenters. The molecule has 0 atom stereocenters. The third-order valence-electron chi connectivity index (χ3n) is 6.81. The predicted molar refractivity (Wildman–Crippen MR) is 144 cm³/mol. The lowest BCUT2D eigenvalue weighted by atomic mass is 9.98. The minimum absolute atomic E-state index is 0.309. The number of pyridine rings is 3. The van der Waals surface area contributed by atoms with E-state index in [2.05, 4.69) is 25.0 Å². The zero-order valence-electron chi connectivity index (χ0n) is 20.1. The number of nitrogens with zero attached hydrogens (tertiary/aromatic N) is 6. The second-order valence-electron chi connectivity index (χ2n) is 9.25. The maximum absolute atomic E-state index is 14.7. The van der Waals surface area contributed by atoms with Gasteiger partial charge in [-0.3, -0.25) is 4.68 Å². The average Bonchev–Trinajstić information content (AvgIpc) is 3.61. The zero-order valence-corrected chi connectivity index (χ0v) is 20.9. The van der Waals surface area contributed by atoms with Crippen molar-refractivity contribution in [1.82, 2.24) is 29.6 Å². The lowest BCUT2D eigenvalue weighted by Gasteiger charge is -2.14. The predicted octanol–water partition coefficient (Wildman–Crippen LogP) is 5.69. The molecule has 2 N–H and O–H groups in total. The van der Waals surface area contributed by atoms with Crippen LogP contribution in [0.3, 0.4) is 0 Å². The van der Waals surface area contributed by atoms with E-state index in [1.54, 1.807) is 18.5 Å². The Morgan fingerprint density at radius 2 is 1.78 bits per heavy atom. The SMILES string of the molecule is Nc1ncc(-c2cc(-c3cc(Cl)ccc3F)nc3ncccc23)cc1-c1cnn(CCN2CCCC2)c1. The summed E-state index contributed by atoms with van der Waals surface area (Å²) in [5, 5.41) is 5.81. The molecule has 0 radical (unpaired) electrons. The maximum atomic E-state index is 14.7. The van der Waals surface area contributed by atoms with Crippen molar-refractivity contribution >= 4 is 28.5 Å². The van der Waals surface area contributed by atoms with E-state index in [0.29, 0.717) is 27.7 Å². The number of halogens is 2. The van der Waals surface area contributed by atoms with Crippen molar-refractivity contribution < 1.29 is 4.39 Å². The van der Waals surface area contributed by atoms with Crippen LogP contribution in [-0.4, -0.2) is 49.3 Å². The molecule has 4 aromatic heterocycles. The van der Waals surface area contributed by atoms with Crippen LogP contribution >= 0.6 is 11.6 Å². The number of likely N-dealkylation sites (tertiary alicyclic amines) is 1. The fourth-order valence-electron chi connectivity index (χ4n) is 4.86. The van der Waals surface area contributed by atoms with Gasteiger partial charge in [-0.05, 0) is 74.0 Å². The van der Waals surface area contributed by atoms with E-state index in [-0.39, 0.29) is 0 Å². The summed E-state index contributed by atoms with van der Waals surface area (Å²) in [4.78, 5) is 16.0. The summed E-state index contributed by atoms with van der Waals surface area (Å²) >= 11 is 6.16. The number of rotatable bonds is 6. The number of benzene rings is 1. The molecular formula is C28H25ClFN7. The molecule has 186 valence electrons. The zero-order chi connectivity index (χ0) is 25.4. The molecule has 0 amide bonds. The van der Waals surface area contributed by atoms with Gasteiger partial charge in [0.1, 0.15) is 11.6 Å². The van der Waals surface area contributed by atoms with Gasteiger partial charge in [0.25, 0.3) is 0 Å². The summed E-state index contributed by atoms with van der Waals surface area (Å²) in [6.45, 7) is 4.11. The second kappa shape index (κ2) is 9.88. The highest BCUT2D eigenvalue weighted by Gasteiger charge is 2.16. The van der Waals surface area contributed by atoms with Crippen LogP contribution in [0.4, 0.5) is 10.2 Å². The smallest absolute Gasteiger partial charge is 0.160 e. The van der Waals surface area contributed by atoms with Crippen LogP contribution in [0.25, 0.3) is 44.5 Å². The number of fused-ring (bicyclic) bond motifs is 1. The topological polar surface area (TPSA) is 85.7 Å². The lowest BCUT2D eigenvalue weighted by molar-refractivity contribution is 0.316. The van der Waals surface area contributed by atoms with Crippen molar-refractivity contribution in [2.75, 3.05) is 25.4 Å². The highest BCUT2D eigenvalue weighted by Crippen LogP contribution is 2.35. The van der Waals surface area contributed by atoms with Gasteiger partial charge in [-0.2, -0.15) is 5.10 Å². The minimum Gasteiger partial charge on any atom is -0.383 e. The average molecular weight is 514 g/mol. The van der Waals surface area contributed by atoms with Crippen molar-refractivity contribution in [2.45, 2.75) is 19.4 Å². The molecule has 1 aromatic carbocycles. The van der Waals surface area contributed by atoms with Crippen LogP contribution in [0.2, 0.25) is 5.02 Å². The van der Waals surface area contributed by atoms with Gasteiger partial charge in [0.15, 0.2) is 5.65 Å². The molecule has 9 heteroatoms. The van der Waals surface area contributed by atoms with E-state index in [9.17, 15) is 4.39 Å². The molecule has 6 rings (SSSR count). The quantitative estimate of drug-likeness (QED) is 0.314. The van der Waals surface area contributed by atoms with Crippen LogP contribution in [0.15, 0.2) is 67.3 Å². The van der Waals surface area contributed by atoms with Gasteiger partial charge in [0.2, 0.25) is 0 Å². The number of nitrogen functional groups attached to an aromatic ring is 1. The molecule has 37 heavy (non-hydrogen) atoms. The first-order valence-electron chi connectivity index (χ1n) is 12.3. The Labute approximate surface area is 218 Å². The van der Waals surface area contributed by atoms with E-state index >= 15 is 0 Å². The van der Waals surface area contributed by atoms with Gasteiger partial charge >= 0.3 is 0 Å². The molecular weight excluding hydrogens is 489 g/mol. The summed E-state index contributed by atoms with van der Waals surface area (Å²) in [5.41, 5.74) is 10.9. The molecule has 1 aliphatic rings. The highest BCUT2D eigenvalue weighted by molar-refractivity contribution is 6.30. The fourth-order valence-corrected chi connectivity index (χ4v) is 5.03. The molecule has 0 saturated carbocycles. The Hall–Kier alpha value is -3.88. The highest BCUT2D eigenvalue weighted by atomic mass is 35.5. The minimum atomic E-state index is -0.407. The number of nitrogens with two attached hydrogens (primary N) is 1. The van der Waals surface area contributed by atoms with Crippen LogP contribution < -0.4 is 5.73 Å². The molecule has 1 saturated heterocycles. The number of hydrogen-bond acceptors (Lipinski definition) is 6. The van der Waals surface area contributed by atoms with E-state index < -0.39 is 5.82 Å². The molecule has 5 heterocycles. The first kappa shape index (κ1) is 23.5. The van der Waals surface area contributed by atoms with Crippen molar-refractivity contribution in [3.8, 4) is 33.5 Å². The fraction of sp³-hybridized carbons (Fsp3) is 0.214. The third kappa shape index (κ3) is 4.77. The molecule has 7 nitrogen and oxygen atoms in total. The van der Waals surface area contributed by atoms with E-state index in [0.717, 1.165) is 53.8 Å². The largest absolute Gasteiger partial charge is 0.383 e. The van der Waals surface area contributed by atoms with Gasteiger partial charge in [0.05, 0.1) is 18.4 Å². The summed E-state index contributed by atoms with van der Waals surface area (Å²) in [6, 6.07) is 12.0. The summed E-state index contributed by atoms with van der Waals surface area (Å²) in [7, 11) is 0. The van der Waals surface area contributed by atoms with Crippen molar-refractivity contribution in [2.24, 2.45) is 0 Å². The normalized spacial score (nSPS) is 14.0. The number of hydrogen-bond donors (Lipinski definition) is 1. The Bertz CT molecular complexity index is 1590. The van der Waals surface area contributed by atoms with E-state index in [1.807, 2.05) is 41.3 Å². The maximum Gasteiger partial charge on any atom is 0.160 e. The molecule has 1 fully saturated rings. The van der Waals surface area contributed by atoms with E-state index in [4.69, 9.17) is 17.3 Å². The van der Waals surface area contributed by atoms with Gasteiger partial charge in [-0.15, -0.1) is 0 Å². The second-order valence-corrected chi connectivity index (χ2v) is 9.69. The van der Waals surface area contributed by atoms with Crippen molar-refractivity contribution in [3.05, 3.63) is 78.1 Å². The number of anilines is 1. The summed E-state index contributed by atoms with van der Waals surface area (Å²) in [6.07, 6.45) is 9.75. The third-order valence-corrected chi connectivity index (χ3v) is 7.04. The monoisotopic (exact) mass is 513 g/mol. The summed E-state index contributed by atoms with van der Waals surface area (Å²) < 4.78 is 16.7. The Morgan fingerprint density at radius 3 is 2.65 bits per heavy atom. The standard InChI is InChI=1S/C28H25ClFN7/c29-20-5-6-25(30)24(13-20)26-14-22(21-4-3-7-32-28(21)35-26)18-12-23(27(31)33-15-18)19-16-34-37(17-19)11-10-36-8-1-2-9-36/h3-7,12-17H,1-2,8-11H2,(H2,31,33). The van der Waals surface area contributed by atoms with Crippen molar-refractivity contribution in [3.63, 3.8) is 0 Å². The molecule has 0 bridgehead atoms. The summed E-state index contributed by atoms with van der Waals surface area (Å²) in [5.74, 6) is 0.0102. The molecule has 0 aliphatic carbocycles. The first-order chi connectivity index (χ1) is 18.0. The van der Waals surface area contributed by atoms with Gasteiger partial charge < -0.3 is 10.6 Å². The van der Waals surface area contributed by atoms with Crippen LogP contribution in [-0.2, 0) is 6.54 Å². The van der Waals surface area contributed by atoms with Gasteiger partial charge in [-0.25, -0.2) is 19.3 Å². The van der Waals surface area contributed by atoms with Crippen LogP contribution in [0.5, 0.6) is 0 Å². The van der Waals surface area contributed by atoms with Crippen LogP contribution in [0, 0.1) is 5.82 Å². The molecule has 5 aromatic rings. The lowest BCUT2D eigenvalue weighted by Crippen LogP contribution is -2.24. The van der Waals surface area contributed by atoms with Crippen molar-refractivity contribution in [1.29, 1.82) is 0 Å².